The first-order valence-corrected chi connectivity index (χ1v) is 10.2. The zero-order valence-corrected chi connectivity index (χ0v) is 17.5. The molecule has 7 nitrogen and oxygen atoms in total. The zero-order chi connectivity index (χ0) is 22.2. The highest BCUT2D eigenvalue weighted by Crippen LogP contribution is 2.26. The third kappa shape index (κ3) is 6.79. The molecule has 0 bridgehead atoms. The van der Waals surface area contributed by atoms with Gasteiger partial charge in [-0.05, 0) is 23.3 Å². The predicted octanol–water partition coefficient (Wildman–Crippen LogP) is 3.55. The molecule has 3 rings (SSSR count). The molecule has 0 aliphatic rings. The highest BCUT2D eigenvalue weighted by molar-refractivity contribution is 6.30. The Morgan fingerprint density at radius 1 is 0.935 bits per heavy atom. The Hall–Kier alpha value is -3.45. The minimum Gasteiger partial charge on any atom is -0.370 e. The number of aryl methyl sites for hydroxylation is 1. The fraction of sp³-hybridized carbons (Fsp3) is 0.217. The summed E-state index contributed by atoms with van der Waals surface area (Å²) in [6.45, 7) is -0.118. The van der Waals surface area contributed by atoms with Crippen LogP contribution in [0.25, 0.3) is 22.4 Å². The molecule has 0 unspecified atom stereocenters. The fourth-order valence-electron chi connectivity index (χ4n) is 2.94. The van der Waals surface area contributed by atoms with Gasteiger partial charge in [-0.25, -0.2) is 0 Å². The summed E-state index contributed by atoms with van der Waals surface area (Å²) in [6.07, 6.45) is 0.521. The molecule has 2 aromatic carbocycles. The van der Waals surface area contributed by atoms with E-state index in [0.29, 0.717) is 22.9 Å². The quantitative estimate of drug-likeness (QED) is 0.501. The molecule has 0 radical (unpaired) electrons. The molecule has 0 aliphatic carbocycles. The lowest BCUT2D eigenvalue weighted by Gasteiger charge is -2.03. The predicted molar refractivity (Wildman–Crippen MR) is 117 cm³/mol. The van der Waals surface area contributed by atoms with Crippen LogP contribution >= 0.6 is 11.6 Å². The smallest absolute Gasteiger partial charge is 0.220 e. The van der Waals surface area contributed by atoms with Crippen LogP contribution in [0.3, 0.4) is 0 Å². The van der Waals surface area contributed by atoms with Crippen LogP contribution < -0.4 is 11.1 Å². The number of Topliss-reactive ketones (excluding diaryl/α,β-unsaturated/α-hetero) is 1. The Bertz CT molecular complexity index is 1080. The van der Waals surface area contributed by atoms with Crippen molar-refractivity contribution >= 4 is 29.2 Å². The van der Waals surface area contributed by atoms with E-state index in [4.69, 9.17) is 21.9 Å². The molecule has 3 aromatic rings. The first-order chi connectivity index (χ1) is 14.9. The number of carbonyl (C=O) groups excluding carboxylic acids is 3. The summed E-state index contributed by atoms with van der Waals surface area (Å²) in [7, 11) is 0. The number of amides is 2. The van der Waals surface area contributed by atoms with Crippen molar-refractivity contribution in [2.24, 2.45) is 5.73 Å². The van der Waals surface area contributed by atoms with E-state index in [1.165, 1.54) is 0 Å². The van der Waals surface area contributed by atoms with E-state index in [2.05, 4.69) is 10.5 Å². The van der Waals surface area contributed by atoms with Crippen molar-refractivity contribution in [2.45, 2.75) is 25.7 Å². The first-order valence-electron chi connectivity index (χ1n) is 9.79. The lowest BCUT2D eigenvalue weighted by atomic mass is 10.0. The van der Waals surface area contributed by atoms with Crippen LogP contribution in [0, 0.1) is 0 Å². The zero-order valence-electron chi connectivity index (χ0n) is 16.8. The van der Waals surface area contributed by atoms with Gasteiger partial charge in [-0.15, -0.1) is 0 Å². The van der Waals surface area contributed by atoms with Gasteiger partial charge in [0.15, 0.2) is 5.78 Å². The van der Waals surface area contributed by atoms with Crippen molar-refractivity contribution in [1.82, 2.24) is 10.5 Å². The molecule has 0 spiro atoms. The second kappa shape index (κ2) is 10.5. The van der Waals surface area contributed by atoms with Crippen molar-refractivity contribution in [2.75, 3.05) is 6.54 Å². The number of nitrogens with zero attached hydrogens (tertiary/aromatic N) is 1. The van der Waals surface area contributed by atoms with Gasteiger partial charge in [-0.2, -0.15) is 0 Å². The monoisotopic (exact) mass is 439 g/mol. The summed E-state index contributed by atoms with van der Waals surface area (Å²) in [5.41, 5.74) is 8.63. The van der Waals surface area contributed by atoms with E-state index in [1.54, 1.807) is 6.07 Å². The summed E-state index contributed by atoms with van der Waals surface area (Å²) in [6, 6.07) is 17.3. The molecule has 31 heavy (non-hydrogen) atoms. The van der Waals surface area contributed by atoms with Gasteiger partial charge in [-0.3, -0.25) is 14.4 Å². The molecular formula is C23H22ClN3O4. The Morgan fingerprint density at radius 2 is 1.68 bits per heavy atom. The normalized spacial score (nSPS) is 10.6. The molecule has 0 saturated heterocycles. The molecule has 1 aromatic heterocycles. The highest BCUT2D eigenvalue weighted by Gasteiger charge is 2.11. The van der Waals surface area contributed by atoms with Gasteiger partial charge in [0.2, 0.25) is 11.8 Å². The largest absolute Gasteiger partial charge is 0.370 e. The Balaban J connectivity index is 1.50. The number of ketones is 1. The van der Waals surface area contributed by atoms with Gasteiger partial charge >= 0.3 is 0 Å². The average molecular weight is 440 g/mol. The maximum absolute atomic E-state index is 11.9. The third-order valence-electron chi connectivity index (χ3n) is 4.63. The summed E-state index contributed by atoms with van der Waals surface area (Å²) >= 11 is 6.05. The van der Waals surface area contributed by atoms with E-state index < -0.39 is 5.91 Å². The second-order valence-corrected chi connectivity index (χ2v) is 7.48. The molecule has 0 atom stereocenters. The Kier molecular flexibility index (Phi) is 7.56. The molecule has 2 amide bonds. The van der Waals surface area contributed by atoms with Crippen LogP contribution in [0.1, 0.15) is 25.0 Å². The van der Waals surface area contributed by atoms with E-state index in [0.717, 1.165) is 16.7 Å². The lowest BCUT2D eigenvalue weighted by Crippen LogP contribution is -2.30. The second-order valence-electron chi connectivity index (χ2n) is 7.05. The number of halogens is 1. The minimum absolute atomic E-state index is 0.0182. The van der Waals surface area contributed by atoms with Gasteiger partial charge in [0.05, 0.1) is 6.54 Å². The minimum atomic E-state index is -0.542. The Labute approximate surface area is 184 Å². The van der Waals surface area contributed by atoms with Crippen molar-refractivity contribution in [1.29, 1.82) is 0 Å². The van der Waals surface area contributed by atoms with Gasteiger partial charge < -0.3 is 15.6 Å². The molecule has 1 heterocycles. The molecule has 160 valence electrons. The van der Waals surface area contributed by atoms with Gasteiger partial charge in [0.25, 0.3) is 0 Å². The van der Waals surface area contributed by atoms with Crippen LogP contribution in [0.5, 0.6) is 0 Å². The molecule has 0 fully saturated rings. The van der Waals surface area contributed by atoms with Crippen LogP contribution in [0.4, 0.5) is 0 Å². The number of hydrogen-bond donors (Lipinski definition) is 2. The number of carbonyl (C=O) groups is 3. The standard InChI is InChI=1S/C23H22ClN3O4/c24-18-3-1-2-17(12-18)15-4-6-16(7-5-15)21-13-20(31-27-21)9-11-23(30)26-14-19(28)8-10-22(25)29/h1-7,12-13H,8-11,14H2,(H2,25,29)(H,26,30). The van der Waals surface area contributed by atoms with E-state index >= 15 is 0 Å². The van der Waals surface area contributed by atoms with Crippen molar-refractivity contribution in [3.63, 3.8) is 0 Å². The summed E-state index contributed by atoms with van der Waals surface area (Å²) < 4.78 is 5.32. The van der Waals surface area contributed by atoms with Crippen LogP contribution in [-0.2, 0) is 20.8 Å². The van der Waals surface area contributed by atoms with Gasteiger partial charge in [0.1, 0.15) is 11.5 Å². The SMILES string of the molecule is NC(=O)CCC(=O)CNC(=O)CCc1cc(-c2ccc(-c3cccc(Cl)c3)cc2)no1. The summed E-state index contributed by atoms with van der Waals surface area (Å²) in [5.74, 6) is -0.490. The molecule has 0 aliphatic heterocycles. The van der Waals surface area contributed by atoms with Crippen molar-refractivity contribution in [3.8, 4) is 22.4 Å². The van der Waals surface area contributed by atoms with E-state index in [-0.39, 0.29) is 37.5 Å². The van der Waals surface area contributed by atoms with E-state index in [9.17, 15) is 14.4 Å². The third-order valence-corrected chi connectivity index (χ3v) is 4.86. The average Bonchev–Trinajstić information content (AvgIpc) is 3.24. The van der Waals surface area contributed by atoms with Crippen LogP contribution in [0.15, 0.2) is 59.1 Å². The number of rotatable bonds is 10. The molecular weight excluding hydrogens is 418 g/mol. The number of hydrogen-bond acceptors (Lipinski definition) is 5. The number of benzene rings is 2. The number of primary amides is 1. The van der Waals surface area contributed by atoms with Gasteiger partial charge in [0, 0.05) is 42.3 Å². The van der Waals surface area contributed by atoms with E-state index in [1.807, 2.05) is 48.5 Å². The topological polar surface area (TPSA) is 115 Å². The fourth-order valence-corrected chi connectivity index (χ4v) is 3.13. The molecule has 3 N–H and O–H groups in total. The Morgan fingerprint density at radius 3 is 2.39 bits per heavy atom. The van der Waals surface area contributed by atoms with Crippen LogP contribution in [0.2, 0.25) is 5.02 Å². The maximum Gasteiger partial charge on any atom is 0.220 e. The van der Waals surface area contributed by atoms with Crippen molar-refractivity contribution in [3.05, 3.63) is 65.4 Å². The van der Waals surface area contributed by atoms with Crippen LogP contribution in [-0.4, -0.2) is 29.3 Å². The molecule has 0 saturated carbocycles. The van der Waals surface area contributed by atoms with Crippen molar-refractivity contribution < 1.29 is 18.9 Å². The first kappa shape index (κ1) is 22.2. The summed E-state index contributed by atoms with van der Waals surface area (Å²) in [5, 5.41) is 7.28. The number of nitrogens with one attached hydrogen (secondary N) is 1. The summed E-state index contributed by atoms with van der Waals surface area (Å²) in [4.78, 5) is 34.1. The number of aromatic nitrogens is 1. The highest BCUT2D eigenvalue weighted by atomic mass is 35.5. The molecule has 8 heteroatoms. The lowest BCUT2D eigenvalue weighted by molar-refractivity contribution is -0.126. The van der Waals surface area contributed by atoms with Gasteiger partial charge in [-0.1, -0.05) is 53.2 Å². The maximum atomic E-state index is 11.9. The number of nitrogens with two attached hydrogens (primary N) is 1.